The molecular weight excluding hydrogens is 1100 g/mol. The van der Waals surface area contributed by atoms with Crippen LogP contribution >= 0.6 is 0 Å². The van der Waals surface area contributed by atoms with E-state index in [1.54, 1.807) is 0 Å². The van der Waals surface area contributed by atoms with Gasteiger partial charge in [-0.15, -0.1) is 0 Å². The summed E-state index contributed by atoms with van der Waals surface area (Å²) in [4.78, 5) is 10.9. The van der Waals surface area contributed by atoms with Crippen molar-refractivity contribution in [2.24, 2.45) is 0 Å². The molecular formula is C86H75BN4. The molecule has 0 N–H and O–H groups in total. The van der Waals surface area contributed by atoms with E-state index in [1.165, 1.54) is 127 Å². The van der Waals surface area contributed by atoms with Gasteiger partial charge in [0.05, 0.1) is 22.4 Å². The molecule has 0 radical (unpaired) electrons. The molecule has 0 spiro atoms. The number of nitrogens with zero attached hydrogens (tertiary/aromatic N) is 4. The number of hydrogen-bond acceptors (Lipinski definition) is 2. The van der Waals surface area contributed by atoms with E-state index < -0.39 is 0 Å². The Balaban J connectivity index is 1.04. The first-order chi connectivity index (χ1) is 43.6. The van der Waals surface area contributed by atoms with Crippen LogP contribution in [0.3, 0.4) is 0 Å². The molecule has 0 saturated carbocycles. The second kappa shape index (κ2) is 20.3. The number of hydrogen-bond donors (Lipinski definition) is 0. The lowest BCUT2D eigenvalue weighted by Crippen LogP contribution is -2.59. The van der Waals surface area contributed by atoms with Crippen molar-refractivity contribution >= 4 is 66.7 Å². The Morgan fingerprint density at radius 2 is 0.604 bits per heavy atom. The molecule has 5 heteroatoms. The molecule has 0 bridgehead atoms. The molecule has 0 unspecified atom stereocenters. The molecule has 16 rings (SSSR count). The lowest BCUT2D eigenvalue weighted by molar-refractivity contribution is 0.590. The van der Waals surface area contributed by atoms with E-state index in [9.17, 15) is 0 Å². The van der Waals surface area contributed by atoms with Gasteiger partial charge in [0, 0.05) is 60.6 Å². The van der Waals surface area contributed by atoms with Crippen LogP contribution < -0.4 is 16.4 Å². The molecule has 11 aromatic carbocycles. The summed E-state index contributed by atoms with van der Waals surface area (Å²) in [7, 11) is 0. The van der Waals surface area contributed by atoms with E-state index in [4.69, 9.17) is 9.97 Å². The third-order valence-corrected chi connectivity index (χ3v) is 19.8. The summed E-state index contributed by atoms with van der Waals surface area (Å²) < 4.78 is 5.25. The molecule has 2 aliphatic rings. The topological polar surface area (TPSA) is 35.6 Å². The van der Waals surface area contributed by atoms with Crippen LogP contribution in [-0.4, -0.2) is 25.8 Å². The Morgan fingerprint density at radius 3 is 0.978 bits per heavy atom. The van der Waals surface area contributed by atoms with Crippen molar-refractivity contribution < 1.29 is 0 Å². The molecule has 2 aliphatic heterocycles. The monoisotopic (exact) mass is 1170 g/mol. The lowest BCUT2D eigenvalue weighted by Gasteiger charge is -2.34. The van der Waals surface area contributed by atoms with Gasteiger partial charge in [-0.3, -0.25) is 0 Å². The van der Waals surface area contributed by atoms with Crippen molar-refractivity contribution in [1.29, 1.82) is 0 Å². The van der Waals surface area contributed by atoms with Gasteiger partial charge in [-0.2, -0.15) is 0 Å². The summed E-state index contributed by atoms with van der Waals surface area (Å²) in [6.07, 6.45) is 0. The van der Waals surface area contributed by atoms with Crippen molar-refractivity contribution in [1.82, 2.24) is 19.1 Å². The van der Waals surface area contributed by atoms with Crippen molar-refractivity contribution in [3.05, 3.63) is 259 Å². The fraction of sp³-hybridized carbons (Fsp3) is 0.186. The van der Waals surface area contributed by atoms with E-state index in [1.807, 2.05) is 0 Å². The van der Waals surface area contributed by atoms with Crippen LogP contribution in [0, 0.1) is 0 Å². The van der Waals surface area contributed by atoms with E-state index in [0.29, 0.717) is 5.82 Å². The summed E-state index contributed by atoms with van der Waals surface area (Å²) >= 11 is 0. The maximum Gasteiger partial charge on any atom is 0.252 e. The zero-order valence-electron chi connectivity index (χ0n) is 54.4. The molecule has 3 aromatic heterocycles. The van der Waals surface area contributed by atoms with Crippen molar-refractivity contribution in [2.75, 3.05) is 0 Å². The minimum atomic E-state index is -0.153. The highest BCUT2D eigenvalue weighted by Crippen LogP contribution is 2.46. The second-order valence-corrected chi connectivity index (χ2v) is 29.9. The number of fused-ring (bicyclic) bond motifs is 10. The number of aromatic nitrogens is 4. The molecule has 0 atom stereocenters. The third kappa shape index (κ3) is 9.41. The highest BCUT2D eigenvalue weighted by atomic mass is 15.0. The minimum absolute atomic E-state index is 0.0159. The minimum Gasteiger partial charge on any atom is -0.310 e. The molecule has 0 amide bonds. The Hall–Kier alpha value is -9.84. The first-order valence-electron chi connectivity index (χ1n) is 32.5. The molecule has 91 heavy (non-hydrogen) atoms. The van der Waals surface area contributed by atoms with Crippen LogP contribution in [0.1, 0.15) is 105 Å². The normalized spacial score (nSPS) is 13.0. The zero-order valence-corrected chi connectivity index (χ0v) is 54.4. The molecule has 0 saturated heterocycles. The second-order valence-electron chi connectivity index (χ2n) is 29.9. The quantitative estimate of drug-likeness (QED) is 0.149. The van der Waals surface area contributed by atoms with Crippen LogP contribution in [0.25, 0.3) is 133 Å². The molecule has 0 fully saturated rings. The summed E-state index contributed by atoms with van der Waals surface area (Å²) in [6.45, 7) is 27.4. The highest BCUT2D eigenvalue weighted by molar-refractivity contribution is 7.00. The first-order valence-corrected chi connectivity index (χ1v) is 32.5. The van der Waals surface area contributed by atoms with Crippen LogP contribution in [0.15, 0.2) is 237 Å². The number of rotatable bonds is 7. The molecule has 14 aromatic rings. The van der Waals surface area contributed by atoms with Gasteiger partial charge in [0.15, 0.2) is 5.82 Å². The zero-order chi connectivity index (χ0) is 62.6. The molecule has 4 nitrogen and oxygen atoms in total. The van der Waals surface area contributed by atoms with Crippen molar-refractivity contribution in [3.63, 3.8) is 0 Å². The van der Waals surface area contributed by atoms with Gasteiger partial charge in [0.2, 0.25) is 0 Å². The number of benzene rings is 11. The van der Waals surface area contributed by atoms with Gasteiger partial charge < -0.3 is 9.13 Å². The first kappa shape index (κ1) is 56.4. The Bertz CT molecular complexity index is 4930. The van der Waals surface area contributed by atoms with Gasteiger partial charge in [0.1, 0.15) is 0 Å². The van der Waals surface area contributed by atoms with Gasteiger partial charge >= 0.3 is 0 Å². The highest BCUT2D eigenvalue weighted by Gasteiger charge is 2.42. The Morgan fingerprint density at radius 1 is 0.275 bits per heavy atom. The van der Waals surface area contributed by atoms with Crippen molar-refractivity contribution in [3.8, 4) is 89.8 Å². The predicted molar refractivity (Wildman–Crippen MR) is 388 cm³/mol. The van der Waals surface area contributed by atoms with E-state index in [0.717, 1.165) is 39.5 Å². The van der Waals surface area contributed by atoms with Crippen LogP contribution in [0.4, 0.5) is 0 Å². The predicted octanol–water partition coefficient (Wildman–Crippen LogP) is 20.7. The van der Waals surface area contributed by atoms with Gasteiger partial charge in [0.25, 0.3) is 6.71 Å². The van der Waals surface area contributed by atoms with Gasteiger partial charge in [-0.1, -0.05) is 265 Å². The largest absolute Gasteiger partial charge is 0.310 e. The summed E-state index contributed by atoms with van der Waals surface area (Å²) in [5.41, 5.74) is 30.9. The SMILES string of the molecule is CC(C)(C)c1ccc(-c2ccc3c(c2)c2cc(-c4ccc(C(C)(C)C)cc4)cc4c2n3-c2cc(-c3cc(-c5ccccc5)nc(-c5ccccc5)n3)cc3c2B4c2cc(-c4ccc(C(C)(C)C)cc4)cc4c5cc(-c6ccc(C(C)(C)C)cc6)ccc5n-3c24)cc1. The van der Waals surface area contributed by atoms with E-state index in [2.05, 4.69) is 329 Å². The molecule has 0 aliphatic carbocycles. The van der Waals surface area contributed by atoms with E-state index in [-0.39, 0.29) is 28.4 Å². The van der Waals surface area contributed by atoms with Gasteiger partial charge in [-0.25, -0.2) is 9.97 Å². The average molecular weight is 1180 g/mol. The van der Waals surface area contributed by atoms with E-state index >= 15 is 0 Å². The fourth-order valence-electron chi connectivity index (χ4n) is 14.6. The third-order valence-electron chi connectivity index (χ3n) is 19.8. The Labute approximate surface area is 536 Å². The molecule has 442 valence electrons. The molecule has 5 heterocycles. The van der Waals surface area contributed by atoms with Crippen LogP contribution in [0.2, 0.25) is 0 Å². The lowest BCUT2D eigenvalue weighted by atomic mass is 9.34. The summed E-state index contributed by atoms with van der Waals surface area (Å²) in [5.74, 6) is 0.691. The maximum absolute atomic E-state index is 5.58. The average Bonchev–Trinajstić information content (AvgIpc) is 1.57. The summed E-state index contributed by atoms with van der Waals surface area (Å²) in [6, 6.07) is 89.9. The summed E-state index contributed by atoms with van der Waals surface area (Å²) in [5, 5.41) is 4.94. The smallest absolute Gasteiger partial charge is 0.252 e. The fourth-order valence-corrected chi connectivity index (χ4v) is 14.6. The standard InChI is InChI=1S/C86H75BN4/c1-83(2,3)63-33-23-52(24-34-63)58-31-41-75-67(43-58)69-45-60(54-27-37-65(38-28-54)85(7,8)9)47-71-80(69)90(75)77-49-62(74-51-73(56-19-15-13-16-20-56)88-82(89-74)57-21-17-14-18-22-57)50-78-79(77)87(71)72-48-61(55-29-39-66(40-30-55)86(10,11)12)46-70-68-44-59(32-42-76(68)91(78)81(70)72)53-25-35-64(36-26-53)84(4,5)6/h13-51H,1-12H3. The van der Waals surface area contributed by atoms with Crippen LogP contribution in [-0.2, 0) is 21.7 Å². The maximum atomic E-state index is 5.58. The van der Waals surface area contributed by atoms with Crippen LogP contribution in [0.5, 0.6) is 0 Å². The van der Waals surface area contributed by atoms with Gasteiger partial charge in [-0.05, 0) is 159 Å². The Kier molecular flexibility index (Phi) is 12.6. The van der Waals surface area contributed by atoms with Crippen molar-refractivity contribution in [2.45, 2.75) is 105 Å².